The molecule has 3 aliphatic heterocycles. The summed E-state index contributed by atoms with van der Waals surface area (Å²) < 4.78 is 2.28. The van der Waals surface area contributed by atoms with Crippen molar-refractivity contribution in [3.63, 3.8) is 0 Å². The van der Waals surface area contributed by atoms with E-state index in [0.717, 1.165) is 69.4 Å². The van der Waals surface area contributed by atoms with Gasteiger partial charge in [-0.1, -0.05) is 24.3 Å². The lowest BCUT2D eigenvalue weighted by Gasteiger charge is -2.35. The van der Waals surface area contributed by atoms with Crippen LogP contribution in [0, 0.1) is 0 Å². The van der Waals surface area contributed by atoms with Crippen LogP contribution in [0.3, 0.4) is 0 Å². The summed E-state index contributed by atoms with van der Waals surface area (Å²) in [7, 11) is 0. The third kappa shape index (κ3) is 3.17. The number of benzene rings is 1. The van der Waals surface area contributed by atoms with E-state index in [1.807, 2.05) is 0 Å². The van der Waals surface area contributed by atoms with Crippen molar-refractivity contribution in [2.24, 2.45) is 0 Å². The van der Waals surface area contributed by atoms with Gasteiger partial charge in [0.2, 0.25) is 5.91 Å². The quantitative estimate of drug-likeness (QED) is 0.861. The van der Waals surface area contributed by atoms with Crippen molar-refractivity contribution in [2.75, 3.05) is 25.4 Å². The first-order valence-electron chi connectivity index (χ1n) is 9.92. The van der Waals surface area contributed by atoms with Gasteiger partial charge in [0.25, 0.3) is 0 Å². The second kappa shape index (κ2) is 7.28. The molecule has 0 bridgehead atoms. The van der Waals surface area contributed by atoms with Crippen LogP contribution in [0.5, 0.6) is 0 Å². The predicted molar refractivity (Wildman–Crippen MR) is 106 cm³/mol. The maximum absolute atomic E-state index is 13.2. The second-order valence-corrected chi connectivity index (χ2v) is 8.82. The van der Waals surface area contributed by atoms with Crippen molar-refractivity contribution < 1.29 is 4.79 Å². The second-order valence-electron chi connectivity index (χ2n) is 7.60. The van der Waals surface area contributed by atoms with Gasteiger partial charge in [0.1, 0.15) is 16.9 Å². The molecule has 1 aromatic carbocycles. The number of carbonyl (C=O) groups is 1. The van der Waals surface area contributed by atoms with Crippen LogP contribution in [0.2, 0.25) is 0 Å². The SMILES string of the molecule is O=C(C1SCCc2ccccc21)N1CCC(c2nnc3n2CCNC3)CC1. The molecule has 1 unspecified atom stereocenters. The van der Waals surface area contributed by atoms with Gasteiger partial charge in [-0.3, -0.25) is 4.79 Å². The van der Waals surface area contributed by atoms with Crippen molar-refractivity contribution in [3.8, 4) is 0 Å². The molecular weight excluding hydrogens is 358 g/mol. The van der Waals surface area contributed by atoms with Crippen LogP contribution in [-0.4, -0.2) is 51.0 Å². The van der Waals surface area contributed by atoms with Crippen LogP contribution in [0.4, 0.5) is 0 Å². The zero-order valence-corrected chi connectivity index (χ0v) is 16.2. The maximum Gasteiger partial charge on any atom is 0.240 e. The number of likely N-dealkylation sites (tertiary alicyclic amines) is 1. The van der Waals surface area contributed by atoms with Gasteiger partial charge in [-0.05, 0) is 36.1 Å². The molecule has 0 saturated carbocycles. The Kier molecular flexibility index (Phi) is 4.65. The monoisotopic (exact) mass is 383 g/mol. The van der Waals surface area contributed by atoms with Crippen molar-refractivity contribution in [2.45, 2.75) is 43.5 Å². The fourth-order valence-electron chi connectivity index (χ4n) is 4.54. The Hall–Kier alpha value is -1.86. The molecule has 0 aliphatic carbocycles. The summed E-state index contributed by atoms with van der Waals surface area (Å²) in [4.78, 5) is 15.3. The molecule has 1 fully saturated rings. The van der Waals surface area contributed by atoms with Gasteiger partial charge >= 0.3 is 0 Å². The summed E-state index contributed by atoms with van der Waals surface area (Å²) in [5, 5.41) is 12.1. The Balaban J connectivity index is 1.27. The highest BCUT2D eigenvalue weighted by atomic mass is 32.2. The lowest BCUT2D eigenvalue weighted by Crippen LogP contribution is -2.41. The molecule has 1 aromatic heterocycles. The van der Waals surface area contributed by atoms with Crippen molar-refractivity contribution in [1.29, 1.82) is 0 Å². The molecule has 4 heterocycles. The largest absolute Gasteiger partial charge is 0.341 e. The Labute approximate surface area is 163 Å². The van der Waals surface area contributed by atoms with E-state index < -0.39 is 0 Å². The summed E-state index contributed by atoms with van der Waals surface area (Å²) in [5.74, 6) is 3.91. The lowest BCUT2D eigenvalue weighted by atomic mass is 9.94. The maximum atomic E-state index is 13.2. The summed E-state index contributed by atoms with van der Waals surface area (Å²) in [6.45, 7) is 4.38. The Morgan fingerprint density at radius 2 is 2.00 bits per heavy atom. The van der Waals surface area contributed by atoms with Gasteiger partial charge in [-0.2, -0.15) is 0 Å². The highest BCUT2D eigenvalue weighted by molar-refractivity contribution is 8.00. The summed E-state index contributed by atoms with van der Waals surface area (Å²) in [6, 6.07) is 8.44. The molecule has 1 atom stereocenters. The molecule has 0 radical (unpaired) electrons. The average Bonchev–Trinajstić information content (AvgIpc) is 3.17. The summed E-state index contributed by atoms with van der Waals surface area (Å²) in [6.07, 6.45) is 3.03. The number of fused-ring (bicyclic) bond motifs is 2. The highest BCUT2D eigenvalue weighted by Crippen LogP contribution is 2.39. The van der Waals surface area contributed by atoms with Gasteiger partial charge in [0.05, 0.1) is 6.54 Å². The van der Waals surface area contributed by atoms with Crippen LogP contribution in [0.15, 0.2) is 24.3 Å². The molecule has 1 saturated heterocycles. The van der Waals surface area contributed by atoms with Crippen LogP contribution < -0.4 is 5.32 Å². The third-order valence-corrected chi connectivity index (χ3v) is 7.27. The normalized spacial score (nSPS) is 23.0. The van der Waals surface area contributed by atoms with Crippen LogP contribution in [-0.2, 0) is 24.3 Å². The molecule has 27 heavy (non-hydrogen) atoms. The number of nitrogens with zero attached hydrogens (tertiary/aromatic N) is 4. The number of amides is 1. The lowest BCUT2D eigenvalue weighted by molar-refractivity contribution is -0.131. The number of rotatable bonds is 2. The number of aryl methyl sites for hydroxylation is 1. The first kappa shape index (κ1) is 17.3. The third-order valence-electron chi connectivity index (χ3n) is 6.04. The fourth-order valence-corrected chi connectivity index (χ4v) is 5.81. The fraction of sp³-hybridized carbons (Fsp3) is 0.550. The molecule has 6 nitrogen and oxygen atoms in total. The average molecular weight is 384 g/mol. The van der Waals surface area contributed by atoms with Gasteiger partial charge in [0, 0.05) is 32.1 Å². The number of hydrogen-bond donors (Lipinski definition) is 1. The standard InChI is InChI=1S/C20H25N5OS/c26-20(18-16-4-2-1-3-14(16)7-12-27-18)24-9-5-15(6-10-24)19-23-22-17-13-21-8-11-25(17)19/h1-4,15,18,21H,5-13H2. The molecular formula is C20H25N5OS. The van der Waals surface area contributed by atoms with E-state index in [9.17, 15) is 4.79 Å². The van der Waals surface area contributed by atoms with E-state index in [1.54, 1.807) is 11.8 Å². The van der Waals surface area contributed by atoms with Crippen LogP contribution >= 0.6 is 11.8 Å². The minimum atomic E-state index is -0.0292. The molecule has 142 valence electrons. The zero-order valence-electron chi connectivity index (χ0n) is 15.4. The van der Waals surface area contributed by atoms with E-state index in [-0.39, 0.29) is 11.2 Å². The highest BCUT2D eigenvalue weighted by Gasteiger charge is 2.34. The van der Waals surface area contributed by atoms with Gasteiger partial charge in [0.15, 0.2) is 0 Å². The molecule has 1 N–H and O–H groups in total. The Morgan fingerprint density at radius 1 is 1.15 bits per heavy atom. The summed E-state index contributed by atoms with van der Waals surface area (Å²) >= 11 is 1.80. The Bertz CT molecular complexity index is 843. The number of piperidine rings is 1. The van der Waals surface area contributed by atoms with Crippen LogP contribution in [0.25, 0.3) is 0 Å². The van der Waals surface area contributed by atoms with Gasteiger partial charge in [-0.25, -0.2) is 0 Å². The predicted octanol–water partition coefficient (Wildman–Crippen LogP) is 2.12. The molecule has 0 spiro atoms. The van der Waals surface area contributed by atoms with E-state index in [1.165, 1.54) is 11.1 Å². The van der Waals surface area contributed by atoms with E-state index >= 15 is 0 Å². The molecule has 7 heteroatoms. The van der Waals surface area contributed by atoms with Crippen molar-refractivity contribution >= 4 is 17.7 Å². The number of thioether (sulfide) groups is 1. The van der Waals surface area contributed by atoms with Gasteiger partial charge < -0.3 is 14.8 Å². The van der Waals surface area contributed by atoms with Crippen molar-refractivity contribution in [1.82, 2.24) is 25.0 Å². The number of nitrogens with one attached hydrogen (secondary N) is 1. The minimum absolute atomic E-state index is 0.0292. The van der Waals surface area contributed by atoms with E-state index in [2.05, 4.69) is 49.2 Å². The van der Waals surface area contributed by atoms with Crippen molar-refractivity contribution in [3.05, 3.63) is 47.0 Å². The molecule has 3 aliphatic rings. The summed E-state index contributed by atoms with van der Waals surface area (Å²) in [5.41, 5.74) is 2.56. The zero-order chi connectivity index (χ0) is 18.2. The van der Waals surface area contributed by atoms with E-state index in [0.29, 0.717) is 5.92 Å². The number of hydrogen-bond acceptors (Lipinski definition) is 5. The van der Waals surface area contributed by atoms with Gasteiger partial charge in [-0.15, -0.1) is 22.0 Å². The minimum Gasteiger partial charge on any atom is -0.341 e. The molecule has 5 rings (SSSR count). The van der Waals surface area contributed by atoms with E-state index in [4.69, 9.17) is 0 Å². The first-order chi connectivity index (χ1) is 13.3. The Morgan fingerprint density at radius 3 is 2.89 bits per heavy atom. The van der Waals surface area contributed by atoms with Crippen LogP contribution in [0.1, 0.15) is 46.8 Å². The molecule has 1 amide bonds. The first-order valence-corrected chi connectivity index (χ1v) is 11.0. The topological polar surface area (TPSA) is 63.1 Å². The molecule has 2 aromatic rings. The number of aromatic nitrogens is 3. The number of carbonyl (C=O) groups excluding carboxylic acids is 1. The smallest absolute Gasteiger partial charge is 0.240 e.